The van der Waals surface area contributed by atoms with Gasteiger partial charge in [0.1, 0.15) is 0 Å². The van der Waals surface area contributed by atoms with Crippen molar-refractivity contribution in [3.63, 3.8) is 0 Å². The van der Waals surface area contributed by atoms with Gasteiger partial charge in [0.05, 0.1) is 13.7 Å². The van der Waals surface area contributed by atoms with E-state index < -0.39 is 0 Å². The van der Waals surface area contributed by atoms with Crippen LogP contribution in [0.25, 0.3) is 0 Å². The van der Waals surface area contributed by atoms with Crippen molar-refractivity contribution >= 4 is 0 Å². The maximum Gasteiger partial charge on any atom is 0.0581 e. The lowest BCUT2D eigenvalue weighted by atomic mass is 10.2. The van der Waals surface area contributed by atoms with E-state index in [9.17, 15) is 0 Å². The molecule has 0 saturated heterocycles. The molecule has 0 atom stereocenters. The van der Waals surface area contributed by atoms with Gasteiger partial charge in [-0.15, -0.1) is 0 Å². The minimum atomic E-state index is 0.185. The van der Waals surface area contributed by atoms with Crippen LogP contribution in [-0.4, -0.2) is 36.5 Å². The number of hydrogen-bond donors (Lipinski definition) is 1. The van der Waals surface area contributed by atoms with E-state index in [1.165, 1.54) is 25.7 Å². The molecule has 0 aliphatic heterocycles. The lowest BCUT2D eigenvalue weighted by Crippen LogP contribution is -2.34. The van der Waals surface area contributed by atoms with Gasteiger partial charge in [-0.2, -0.15) is 5.06 Å². The van der Waals surface area contributed by atoms with Gasteiger partial charge < -0.3 is 9.94 Å². The molecular weight excluding hydrogens is 142 g/mol. The first kappa shape index (κ1) is 8.97. The van der Waals surface area contributed by atoms with Crippen LogP contribution in [-0.2, 0) is 4.84 Å². The lowest BCUT2D eigenvalue weighted by Gasteiger charge is -2.24. The minimum Gasteiger partial charge on any atom is -0.395 e. The van der Waals surface area contributed by atoms with E-state index in [1.807, 2.05) is 5.06 Å². The van der Waals surface area contributed by atoms with Crippen LogP contribution in [0.3, 0.4) is 0 Å². The Balaban J connectivity index is 2.27. The SMILES string of the molecule is CON(CCO)C1CCCC1. The molecule has 0 aromatic rings. The zero-order chi connectivity index (χ0) is 8.10. The quantitative estimate of drug-likeness (QED) is 0.615. The van der Waals surface area contributed by atoms with Crippen molar-refractivity contribution in [3.8, 4) is 0 Å². The predicted octanol–water partition coefficient (Wildman–Crippen LogP) is 0.785. The third-order valence-electron chi connectivity index (χ3n) is 2.29. The largest absolute Gasteiger partial charge is 0.395 e. The molecule has 0 aromatic carbocycles. The molecule has 0 radical (unpaired) electrons. The van der Waals surface area contributed by atoms with Gasteiger partial charge in [-0.05, 0) is 12.8 Å². The molecule has 1 aliphatic carbocycles. The van der Waals surface area contributed by atoms with Crippen LogP contribution in [0.15, 0.2) is 0 Å². The standard InChI is InChI=1S/C8H17NO2/c1-11-9(6-7-10)8-4-2-3-5-8/h8,10H,2-7H2,1H3. The van der Waals surface area contributed by atoms with Crippen LogP contribution in [0.4, 0.5) is 0 Å². The zero-order valence-corrected chi connectivity index (χ0v) is 7.12. The first-order valence-corrected chi connectivity index (χ1v) is 4.30. The molecule has 0 spiro atoms. The number of hydroxylamine groups is 2. The number of aliphatic hydroxyl groups is 1. The van der Waals surface area contributed by atoms with Gasteiger partial charge in [0, 0.05) is 12.6 Å². The van der Waals surface area contributed by atoms with Crippen molar-refractivity contribution in [2.24, 2.45) is 0 Å². The third kappa shape index (κ3) is 2.43. The fourth-order valence-electron chi connectivity index (χ4n) is 1.71. The summed E-state index contributed by atoms with van der Waals surface area (Å²) in [5.74, 6) is 0. The second-order valence-electron chi connectivity index (χ2n) is 2.99. The first-order valence-electron chi connectivity index (χ1n) is 4.30. The van der Waals surface area contributed by atoms with Crippen LogP contribution in [0.2, 0.25) is 0 Å². The van der Waals surface area contributed by atoms with Crippen LogP contribution >= 0.6 is 0 Å². The Bertz CT molecular complexity index is 102. The summed E-state index contributed by atoms with van der Waals surface area (Å²) < 4.78 is 0. The lowest BCUT2D eigenvalue weighted by molar-refractivity contribution is -0.164. The fraction of sp³-hybridized carbons (Fsp3) is 1.00. The molecular formula is C8H17NO2. The zero-order valence-electron chi connectivity index (χ0n) is 7.12. The highest BCUT2D eigenvalue weighted by Gasteiger charge is 2.21. The summed E-state index contributed by atoms with van der Waals surface area (Å²) in [4.78, 5) is 5.15. The number of nitrogens with zero attached hydrogens (tertiary/aromatic N) is 1. The van der Waals surface area contributed by atoms with Gasteiger partial charge in [-0.25, -0.2) is 0 Å². The van der Waals surface area contributed by atoms with E-state index >= 15 is 0 Å². The van der Waals surface area contributed by atoms with E-state index in [2.05, 4.69) is 0 Å². The molecule has 1 N–H and O–H groups in total. The first-order chi connectivity index (χ1) is 5.38. The minimum absolute atomic E-state index is 0.185. The molecule has 11 heavy (non-hydrogen) atoms. The summed E-state index contributed by atoms with van der Waals surface area (Å²) in [7, 11) is 1.67. The fourth-order valence-corrected chi connectivity index (χ4v) is 1.71. The van der Waals surface area contributed by atoms with Crippen molar-refractivity contribution in [2.75, 3.05) is 20.3 Å². The Labute approximate surface area is 67.9 Å². The molecule has 1 aliphatic rings. The maximum absolute atomic E-state index is 8.71. The number of aliphatic hydroxyl groups excluding tert-OH is 1. The normalized spacial score (nSPS) is 19.9. The molecule has 3 nitrogen and oxygen atoms in total. The van der Waals surface area contributed by atoms with Crippen LogP contribution in [0.5, 0.6) is 0 Å². The molecule has 1 fully saturated rings. The summed E-state index contributed by atoms with van der Waals surface area (Å²) in [5.41, 5.74) is 0. The predicted molar refractivity (Wildman–Crippen MR) is 43.1 cm³/mol. The van der Waals surface area contributed by atoms with Gasteiger partial charge >= 0.3 is 0 Å². The molecule has 1 saturated carbocycles. The van der Waals surface area contributed by atoms with Gasteiger partial charge in [-0.3, -0.25) is 0 Å². The topological polar surface area (TPSA) is 32.7 Å². The van der Waals surface area contributed by atoms with Gasteiger partial charge in [0.25, 0.3) is 0 Å². The molecule has 1 rings (SSSR count). The Morgan fingerprint density at radius 3 is 2.55 bits per heavy atom. The molecule has 3 heteroatoms. The third-order valence-corrected chi connectivity index (χ3v) is 2.29. The van der Waals surface area contributed by atoms with E-state index in [0.29, 0.717) is 12.6 Å². The average molecular weight is 159 g/mol. The Kier molecular flexibility index (Phi) is 3.83. The van der Waals surface area contributed by atoms with E-state index in [4.69, 9.17) is 9.94 Å². The van der Waals surface area contributed by atoms with Crippen LogP contribution in [0.1, 0.15) is 25.7 Å². The maximum atomic E-state index is 8.71. The van der Waals surface area contributed by atoms with Crippen molar-refractivity contribution < 1.29 is 9.94 Å². The van der Waals surface area contributed by atoms with E-state index in [-0.39, 0.29) is 6.61 Å². The molecule has 0 aromatic heterocycles. The van der Waals surface area contributed by atoms with Crippen LogP contribution < -0.4 is 0 Å². The smallest absolute Gasteiger partial charge is 0.0581 e. The Hall–Kier alpha value is -0.120. The van der Waals surface area contributed by atoms with Crippen molar-refractivity contribution in [1.29, 1.82) is 0 Å². The average Bonchev–Trinajstić information content (AvgIpc) is 2.52. The van der Waals surface area contributed by atoms with Crippen LogP contribution in [0, 0.1) is 0 Å². The molecule has 0 amide bonds. The molecule has 66 valence electrons. The highest BCUT2D eigenvalue weighted by atomic mass is 16.7. The number of rotatable bonds is 4. The van der Waals surface area contributed by atoms with E-state index in [0.717, 1.165) is 0 Å². The number of hydrogen-bond acceptors (Lipinski definition) is 3. The van der Waals surface area contributed by atoms with Gasteiger partial charge in [-0.1, -0.05) is 12.8 Å². The highest BCUT2D eigenvalue weighted by Crippen LogP contribution is 2.22. The van der Waals surface area contributed by atoms with Crippen molar-refractivity contribution in [3.05, 3.63) is 0 Å². The summed E-state index contributed by atoms with van der Waals surface area (Å²) in [5, 5.41) is 10.6. The van der Waals surface area contributed by atoms with Gasteiger partial charge in [0.2, 0.25) is 0 Å². The Morgan fingerprint density at radius 2 is 2.09 bits per heavy atom. The van der Waals surface area contributed by atoms with Gasteiger partial charge in [0.15, 0.2) is 0 Å². The second-order valence-corrected chi connectivity index (χ2v) is 2.99. The summed E-state index contributed by atoms with van der Waals surface area (Å²) in [6, 6.07) is 0.548. The molecule has 0 unspecified atom stereocenters. The van der Waals surface area contributed by atoms with Crippen molar-refractivity contribution in [2.45, 2.75) is 31.7 Å². The summed E-state index contributed by atoms with van der Waals surface area (Å²) in [6.45, 7) is 0.825. The monoisotopic (exact) mass is 159 g/mol. The summed E-state index contributed by atoms with van der Waals surface area (Å²) in [6.07, 6.45) is 5.04. The van der Waals surface area contributed by atoms with Crippen molar-refractivity contribution in [1.82, 2.24) is 5.06 Å². The highest BCUT2D eigenvalue weighted by molar-refractivity contribution is 4.72. The van der Waals surface area contributed by atoms with E-state index in [1.54, 1.807) is 7.11 Å². The molecule has 0 heterocycles. The summed E-state index contributed by atoms with van der Waals surface area (Å²) >= 11 is 0. The second kappa shape index (κ2) is 4.70. The Morgan fingerprint density at radius 1 is 1.45 bits per heavy atom. The molecule has 0 bridgehead atoms.